The van der Waals surface area contributed by atoms with Crippen LogP contribution in [0.4, 0.5) is 0 Å². The summed E-state index contributed by atoms with van der Waals surface area (Å²) in [6.07, 6.45) is 0.234. The number of phosphoric acid groups is 1. The number of carbonyl (C=O) groups is 1. The SMILES string of the molecule is O=C(O)C(Cc1ccc(OP(=O)(O)O)cc1)NCc1ccccc1. The number of benzene rings is 2. The largest absolute Gasteiger partial charge is 0.524 e. The average Bonchev–Trinajstić information content (AvgIpc) is 2.52. The molecule has 0 aliphatic heterocycles. The van der Waals surface area contributed by atoms with Crippen molar-refractivity contribution < 1.29 is 28.8 Å². The van der Waals surface area contributed by atoms with Crippen LogP contribution in [0.2, 0.25) is 0 Å². The van der Waals surface area contributed by atoms with E-state index in [1.807, 2.05) is 30.3 Å². The highest BCUT2D eigenvalue weighted by Gasteiger charge is 2.18. The molecule has 0 saturated carbocycles. The van der Waals surface area contributed by atoms with Crippen molar-refractivity contribution in [1.82, 2.24) is 5.32 Å². The molecule has 0 heterocycles. The normalized spacial score (nSPS) is 12.6. The first-order chi connectivity index (χ1) is 11.3. The third-order valence-corrected chi connectivity index (χ3v) is 3.73. The summed E-state index contributed by atoms with van der Waals surface area (Å²) in [4.78, 5) is 28.9. The van der Waals surface area contributed by atoms with Crippen LogP contribution < -0.4 is 9.84 Å². The molecule has 0 radical (unpaired) electrons. The van der Waals surface area contributed by atoms with Crippen LogP contribution in [0, 0.1) is 0 Å². The molecule has 7 nitrogen and oxygen atoms in total. The van der Waals surface area contributed by atoms with Crippen molar-refractivity contribution in [2.45, 2.75) is 19.0 Å². The molecule has 1 atom stereocenters. The van der Waals surface area contributed by atoms with Gasteiger partial charge in [-0.2, -0.15) is 0 Å². The molecule has 128 valence electrons. The Hall–Kier alpha value is -2.18. The van der Waals surface area contributed by atoms with Crippen molar-refractivity contribution in [3.63, 3.8) is 0 Å². The third kappa shape index (κ3) is 6.14. The number of nitrogens with one attached hydrogen (secondary N) is 1. The highest BCUT2D eigenvalue weighted by atomic mass is 31.2. The molecule has 2 aromatic carbocycles. The van der Waals surface area contributed by atoms with E-state index < -0.39 is 19.8 Å². The fourth-order valence-corrected chi connectivity index (χ4v) is 2.54. The fourth-order valence-electron chi connectivity index (χ4n) is 2.14. The Bertz CT molecular complexity index is 713. The minimum absolute atomic E-state index is 0.0243. The molecule has 0 bridgehead atoms. The maximum atomic E-state index is 11.4. The number of carboxylic acids is 1. The van der Waals surface area contributed by atoms with E-state index in [0.717, 1.165) is 5.56 Å². The maximum Gasteiger partial charge on any atom is 0.524 e. The van der Waals surface area contributed by atoms with Gasteiger partial charge in [0, 0.05) is 6.54 Å². The quantitative estimate of drug-likeness (QED) is 0.537. The van der Waals surface area contributed by atoms with E-state index in [9.17, 15) is 14.5 Å². The smallest absolute Gasteiger partial charge is 0.480 e. The van der Waals surface area contributed by atoms with Gasteiger partial charge in [-0.05, 0) is 29.7 Å². The molecule has 0 aromatic heterocycles. The van der Waals surface area contributed by atoms with Gasteiger partial charge < -0.3 is 14.9 Å². The van der Waals surface area contributed by atoms with Crippen molar-refractivity contribution in [1.29, 1.82) is 0 Å². The summed E-state index contributed by atoms with van der Waals surface area (Å²) in [6, 6.07) is 14.6. The fraction of sp³-hybridized carbons (Fsp3) is 0.188. The highest BCUT2D eigenvalue weighted by molar-refractivity contribution is 7.46. The summed E-state index contributed by atoms with van der Waals surface area (Å²) < 4.78 is 15.2. The highest BCUT2D eigenvalue weighted by Crippen LogP contribution is 2.37. The Morgan fingerprint density at radius 1 is 1.04 bits per heavy atom. The minimum Gasteiger partial charge on any atom is -0.480 e. The van der Waals surface area contributed by atoms with Crippen LogP contribution in [0.25, 0.3) is 0 Å². The summed E-state index contributed by atoms with van der Waals surface area (Å²) in [6.45, 7) is 0.428. The Morgan fingerprint density at radius 2 is 1.67 bits per heavy atom. The molecule has 24 heavy (non-hydrogen) atoms. The lowest BCUT2D eigenvalue weighted by Crippen LogP contribution is -2.38. The van der Waals surface area contributed by atoms with Gasteiger partial charge in [0.1, 0.15) is 11.8 Å². The van der Waals surface area contributed by atoms with E-state index in [0.29, 0.717) is 12.1 Å². The zero-order valence-corrected chi connectivity index (χ0v) is 13.6. The first-order valence-electron chi connectivity index (χ1n) is 7.18. The lowest BCUT2D eigenvalue weighted by Gasteiger charge is -2.15. The number of aliphatic carboxylic acids is 1. The lowest BCUT2D eigenvalue weighted by atomic mass is 10.1. The molecular formula is C16H18NO6P. The van der Waals surface area contributed by atoms with Gasteiger partial charge in [-0.3, -0.25) is 14.6 Å². The molecule has 2 rings (SSSR count). The summed E-state index contributed by atoms with van der Waals surface area (Å²) in [5.41, 5.74) is 1.69. The van der Waals surface area contributed by atoms with Crippen LogP contribution in [0.5, 0.6) is 5.75 Å². The lowest BCUT2D eigenvalue weighted by molar-refractivity contribution is -0.139. The zero-order chi connectivity index (χ0) is 17.6. The van der Waals surface area contributed by atoms with Gasteiger partial charge in [0.25, 0.3) is 0 Å². The van der Waals surface area contributed by atoms with Crippen LogP contribution in [-0.4, -0.2) is 26.9 Å². The number of hydrogen-bond acceptors (Lipinski definition) is 4. The predicted molar refractivity (Wildman–Crippen MR) is 87.5 cm³/mol. The summed E-state index contributed by atoms with van der Waals surface area (Å²) in [7, 11) is -4.60. The van der Waals surface area contributed by atoms with Crippen LogP contribution >= 0.6 is 7.82 Å². The topological polar surface area (TPSA) is 116 Å². The molecule has 0 amide bonds. The molecular weight excluding hydrogens is 333 g/mol. The van der Waals surface area contributed by atoms with Gasteiger partial charge in [-0.15, -0.1) is 0 Å². The van der Waals surface area contributed by atoms with Gasteiger partial charge in [-0.25, -0.2) is 4.57 Å². The van der Waals surface area contributed by atoms with Gasteiger partial charge in [0.15, 0.2) is 0 Å². The Labute approximate surface area is 139 Å². The van der Waals surface area contributed by atoms with E-state index in [1.165, 1.54) is 12.1 Å². The number of phosphoric ester groups is 1. The Morgan fingerprint density at radius 3 is 2.21 bits per heavy atom. The number of hydrogen-bond donors (Lipinski definition) is 4. The van der Waals surface area contributed by atoms with Gasteiger partial charge in [0.2, 0.25) is 0 Å². The van der Waals surface area contributed by atoms with Crippen molar-refractivity contribution in [3.05, 3.63) is 65.7 Å². The van der Waals surface area contributed by atoms with E-state index in [2.05, 4.69) is 9.84 Å². The van der Waals surface area contributed by atoms with Crippen molar-refractivity contribution in [2.75, 3.05) is 0 Å². The zero-order valence-electron chi connectivity index (χ0n) is 12.7. The standard InChI is InChI=1S/C16H18NO6P/c18-16(19)15(17-11-13-4-2-1-3-5-13)10-12-6-8-14(9-7-12)23-24(20,21)22/h1-9,15,17H,10-11H2,(H,18,19)(H2,20,21,22). The first-order valence-corrected chi connectivity index (χ1v) is 8.71. The van der Waals surface area contributed by atoms with Gasteiger partial charge >= 0.3 is 13.8 Å². The molecule has 8 heteroatoms. The molecule has 0 fully saturated rings. The van der Waals surface area contributed by atoms with E-state index >= 15 is 0 Å². The number of rotatable bonds is 8. The first kappa shape index (κ1) is 18.2. The summed E-state index contributed by atoms with van der Waals surface area (Å²) in [5, 5.41) is 12.3. The molecule has 4 N–H and O–H groups in total. The van der Waals surface area contributed by atoms with Crippen molar-refractivity contribution >= 4 is 13.8 Å². The second kappa shape index (κ2) is 8.08. The molecule has 0 saturated heterocycles. The van der Waals surface area contributed by atoms with E-state index in [-0.39, 0.29) is 12.2 Å². The van der Waals surface area contributed by atoms with Crippen LogP contribution in [-0.2, 0) is 22.3 Å². The molecule has 0 aliphatic rings. The predicted octanol–water partition coefficient (Wildman–Crippen LogP) is 1.94. The Balaban J connectivity index is 1.97. The molecule has 0 spiro atoms. The molecule has 1 unspecified atom stereocenters. The van der Waals surface area contributed by atoms with Crippen LogP contribution in [0.15, 0.2) is 54.6 Å². The van der Waals surface area contributed by atoms with E-state index in [4.69, 9.17) is 9.79 Å². The summed E-state index contributed by atoms with van der Waals surface area (Å²) >= 11 is 0. The molecule has 0 aliphatic carbocycles. The van der Waals surface area contributed by atoms with Gasteiger partial charge in [0.05, 0.1) is 0 Å². The van der Waals surface area contributed by atoms with Gasteiger partial charge in [-0.1, -0.05) is 42.5 Å². The Kier molecular flexibility index (Phi) is 6.11. The molecule has 2 aromatic rings. The third-order valence-electron chi connectivity index (χ3n) is 3.28. The average molecular weight is 351 g/mol. The number of carboxylic acid groups (broad SMARTS) is 1. The van der Waals surface area contributed by atoms with Crippen LogP contribution in [0.1, 0.15) is 11.1 Å². The maximum absolute atomic E-state index is 11.4. The van der Waals surface area contributed by atoms with E-state index in [1.54, 1.807) is 12.1 Å². The van der Waals surface area contributed by atoms with Crippen molar-refractivity contribution in [3.8, 4) is 5.75 Å². The second-order valence-electron chi connectivity index (χ2n) is 5.19. The summed E-state index contributed by atoms with van der Waals surface area (Å²) in [5.74, 6) is -0.947. The monoisotopic (exact) mass is 351 g/mol. The second-order valence-corrected chi connectivity index (χ2v) is 6.35. The van der Waals surface area contributed by atoms with Crippen molar-refractivity contribution in [2.24, 2.45) is 0 Å². The van der Waals surface area contributed by atoms with Crippen LogP contribution in [0.3, 0.4) is 0 Å². The minimum atomic E-state index is -4.60.